The van der Waals surface area contributed by atoms with Crippen LogP contribution in [0.4, 0.5) is 5.69 Å². The summed E-state index contributed by atoms with van der Waals surface area (Å²) in [5.74, 6) is 0.432. The van der Waals surface area contributed by atoms with E-state index in [1.165, 1.54) is 25.5 Å². The zero-order chi connectivity index (χ0) is 26.6. The Morgan fingerprint density at radius 3 is 2.51 bits per heavy atom. The van der Waals surface area contributed by atoms with Crippen molar-refractivity contribution in [3.63, 3.8) is 0 Å². The average Bonchev–Trinajstić information content (AvgIpc) is 3.29. The Bertz CT molecular complexity index is 1610. The number of ether oxygens (including phenoxy) is 1. The molecule has 0 fully saturated rings. The molecule has 1 heterocycles. The van der Waals surface area contributed by atoms with Gasteiger partial charge in [0.15, 0.2) is 9.84 Å². The predicted molar refractivity (Wildman–Crippen MR) is 143 cm³/mol. The Kier molecular flexibility index (Phi) is 7.88. The molecule has 37 heavy (non-hydrogen) atoms. The summed E-state index contributed by atoms with van der Waals surface area (Å²) in [6.07, 6.45) is 2.75. The maximum Gasteiger partial charge on any atom is 0.262 e. The van der Waals surface area contributed by atoms with Crippen LogP contribution in [0, 0.1) is 0 Å². The number of H-pyrrole nitrogens is 1. The maximum atomic E-state index is 12.8. The molecule has 4 N–H and O–H groups in total. The number of aromatic amines is 1. The number of fused-ring (bicyclic) bond motifs is 1. The summed E-state index contributed by atoms with van der Waals surface area (Å²) in [4.78, 5) is 3.40. The zero-order valence-electron chi connectivity index (χ0n) is 20.4. The first-order valence-corrected chi connectivity index (χ1v) is 14.9. The van der Waals surface area contributed by atoms with Crippen LogP contribution in [-0.4, -0.2) is 53.4 Å². The molecule has 1 aromatic heterocycles. The second-order valence-corrected chi connectivity index (χ2v) is 12.3. The molecular weight excluding hydrogens is 514 g/mol. The molecule has 0 aliphatic heterocycles. The molecule has 4 rings (SSSR count). The Balaban J connectivity index is 1.36. The molecule has 11 heteroatoms. The first kappa shape index (κ1) is 26.7. The quantitative estimate of drug-likeness (QED) is 0.213. The third-order valence-corrected chi connectivity index (χ3v) is 8.46. The fourth-order valence-corrected chi connectivity index (χ4v) is 6.02. The van der Waals surface area contributed by atoms with E-state index >= 15 is 0 Å². The summed E-state index contributed by atoms with van der Waals surface area (Å²) in [7, 11) is -5.71. The molecule has 0 saturated carbocycles. The lowest BCUT2D eigenvalue weighted by atomic mass is 10.1. The molecule has 0 amide bonds. The molecule has 0 aliphatic rings. The van der Waals surface area contributed by atoms with Crippen molar-refractivity contribution in [2.24, 2.45) is 0 Å². The minimum absolute atomic E-state index is 0.0698. The molecule has 9 nitrogen and oxygen atoms in total. The molecule has 1 atom stereocenters. The summed E-state index contributed by atoms with van der Waals surface area (Å²) in [6.45, 7) is 0.804. The molecule has 0 spiro atoms. The van der Waals surface area contributed by atoms with Crippen LogP contribution in [0.3, 0.4) is 0 Å². The first-order valence-electron chi connectivity index (χ1n) is 11.5. The van der Waals surface area contributed by atoms with E-state index in [-0.39, 0.29) is 16.3 Å². The van der Waals surface area contributed by atoms with Gasteiger partial charge in [-0.15, -0.1) is 0 Å². The number of aliphatic hydroxyl groups excluding tert-OH is 1. The van der Waals surface area contributed by atoms with E-state index in [0.717, 1.165) is 10.9 Å². The van der Waals surface area contributed by atoms with Crippen LogP contribution in [-0.2, 0) is 26.3 Å². The maximum absolute atomic E-state index is 12.8. The molecule has 0 bridgehead atoms. The van der Waals surface area contributed by atoms with Gasteiger partial charge in [0.05, 0.1) is 28.5 Å². The highest BCUT2D eigenvalue weighted by atomic mass is 32.2. The monoisotopic (exact) mass is 543 g/mol. The number of hydrogen-bond acceptors (Lipinski definition) is 7. The van der Waals surface area contributed by atoms with E-state index in [1.54, 1.807) is 54.7 Å². The van der Waals surface area contributed by atoms with E-state index in [1.807, 2.05) is 6.07 Å². The van der Waals surface area contributed by atoms with E-state index in [2.05, 4.69) is 15.0 Å². The van der Waals surface area contributed by atoms with Gasteiger partial charge in [-0.2, -0.15) is 0 Å². The smallest absolute Gasteiger partial charge is 0.262 e. The molecule has 0 unspecified atom stereocenters. The minimum Gasteiger partial charge on any atom is -0.497 e. The fraction of sp³-hybridized carbons (Fsp3) is 0.231. The highest BCUT2D eigenvalue weighted by Gasteiger charge is 2.17. The molecule has 0 saturated heterocycles. The van der Waals surface area contributed by atoms with E-state index in [4.69, 9.17) is 4.74 Å². The number of aromatic nitrogens is 1. The van der Waals surface area contributed by atoms with Crippen LogP contribution in [0.15, 0.2) is 82.7 Å². The summed E-state index contributed by atoms with van der Waals surface area (Å²) < 4.78 is 57.2. The summed E-state index contributed by atoms with van der Waals surface area (Å²) >= 11 is 0. The van der Waals surface area contributed by atoms with Crippen LogP contribution in [0.2, 0.25) is 0 Å². The molecule has 4 aromatic rings. The van der Waals surface area contributed by atoms with Crippen molar-refractivity contribution in [1.82, 2.24) is 10.3 Å². The van der Waals surface area contributed by atoms with E-state index < -0.39 is 26.0 Å². The van der Waals surface area contributed by atoms with Gasteiger partial charge in [0.1, 0.15) is 5.75 Å². The van der Waals surface area contributed by atoms with Crippen molar-refractivity contribution < 1.29 is 26.7 Å². The number of aliphatic hydroxyl groups is 1. The van der Waals surface area contributed by atoms with Gasteiger partial charge < -0.3 is 20.1 Å². The van der Waals surface area contributed by atoms with Gasteiger partial charge in [0.25, 0.3) is 10.0 Å². The van der Waals surface area contributed by atoms with Crippen LogP contribution in [0.1, 0.15) is 17.2 Å². The number of sulfone groups is 1. The van der Waals surface area contributed by atoms with Gasteiger partial charge in [-0.1, -0.05) is 30.3 Å². The van der Waals surface area contributed by atoms with Gasteiger partial charge in [-0.25, -0.2) is 16.8 Å². The average molecular weight is 544 g/mol. The Labute approximate surface area is 216 Å². The number of rotatable bonds is 11. The summed E-state index contributed by atoms with van der Waals surface area (Å²) in [5, 5.41) is 14.7. The van der Waals surface area contributed by atoms with Crippen molar-refractivity contribution >= 4 is 36.5 Å². The number of para-hydroxylation sites is 1. The number of nitrogens with one attached hydrogen (secondary N) is 3. The highest BCUT2D eigenvalue weighted by molar-refractivity contribution is 7.92. The number of sulfonamides is 1. The number of methoxy groups -OCH3 is 1. The lowest BCUT2D eigenvalue weighted by molar-refractivity contribution is 0.175. The molecule has 0 aliphatic carbocycles. The third kappa shape index (κ3) is 6.31. The van der Waals surface area contributed by atoms with Crippen LogP contribution < -0.4 is 14.8 Å². The van der Waals surface area contributed by atoms with Gasteiger partial charge in [-0.05, 0) is 54.4 Å². The Morgan fingerprint density at radius 2 is 1.76 bits per heavy atom. The van der Waals surface area contributed by atoms with Gasteiger partial charge in [-0.3, -0.25) is 4.72 Å². The first-order chi connectivity index (χ1) is 17.6. The van der Waals surface area contributed by atoms with E-state index in [0.29, 0.717) is 35.5 Å². The Morgan fingerprint density at radius 1 is 1.00 bits per heavy atom. The van der Waals surface area contributed by atoms with E-state index in [9.17, 15) is 21.9 Å². The highest BCUT2D eigenvalue weighted by Crippen LogP contribution is 2.26. The standard InChI is InChI=1S/C26H29N3O6S2/c1-35-21-8-4-9-22(15-21)37(33,34)29-20-7-3-6-18(14-20)24(30)17-27-13-12-19-16-28-26-23(19)10-5-11-25(26)36(2,31)32/h3-11,14-16,24,27-30H,12-13,17H2,1-2H3/t24-/m0/s1. The van der Waals surface area contributed by atoms with Crippen molar-refractivity contribution in [2.45, 2.75) is 22.3 Å². The van der Waals surface area contributed by atoms with Gasteiger partial charge in [0.2, 0.25) is 0 Å². The largest absolute Gasteiger partial charge is 0.497 e. The number of benzene rings is 3. The summed E-state index contributed by atoms with van der Waals surface area (Å²) in [6, 6.07) is 18.0. The SMILES string of the molecule is COc1cccc(S(=O)(=O)Nc2cccc([C@@H](O)CNCCc3c[nH]c4c(S(C)(=O)=O)cccc34)c2)c1. The lowest BCUT2D eigenvalue weighted by Gasteiger charge is -2.14. The van der Waals surface area contributed by atoms with Crippen LogP contribution in [0.25, 0.3) is 10.9 Å². The van der Waals surface area contributed by atoms with Gasteiger partial charge in [0, 0.05) is 36.1 Å². The second-order valence-electron chi connectivity index (χ2n) is 8.64. The minimum atomic E-state index is -3.83. The third-order valence-electron chi connectivity index (χ3n) is 5.95. The van der Waals surface area contributed by atoms with Crippen molar-refractivity contribution in [3.05, 3.63) is 84.1 Å². The van der Waals surface area contributed by atoms with Crippen LogP contribution >= 0.6 is 0 Å². The van der Waals surface area contributed by atoms with Crippen molar-refractivity contribution in [3.8, 4) is 5.75 Å². The fourth-order valence-electron chi connectivity index (χ4n) is 4.07. The number of hydrogen-bond donors (Lipinski definition) is 4. The molecule has 196 valence electrons. The Hall–Kier alpha value is -3.38. The molecule has 0 radical (unpaired) electrons. The second kappa shape index (κ2) is 10.9. The van der Waals surface area contributed by atoms with Crippen molar-refractivity contribution in [1.29, 1.82) is 0 Å². The predicted octanol–water partition coefficient (Wildman–Crippen LogP) is 3.25. The van der Waals surface area contributed by atoms with Crippen LogP contribution in [0.5, 0.6) is 5.75 Å². The zero-order valence-corrected chi connectivity index (χ0v) is 22.1. The normalized spacial score (nSPS) is 12.9. The molecule has 3 aromatic carbocycles. The summed E-state index contributed by atoms with van der Waals surface area (Å²) in [5.41, 5.74) is 2.45. The van der Waals surface area contributed by atoms with Crippen molar-refractivity contribution in [2.75, 3.05) is 31.2 Å². The number of anilines is 1. The molecular formula is C26H29N3O6S2. The van der Waals surface area contributed by atoms with Gasteiger partial charge >= 0.3 is 0 Å². The lowest BCUT2D eigenvalue weighted by Crippen LogP contribution is -2.23. The topological polar surface area (TPSA) is 138 Å².